The van der Waals surface area contributed by atoms with E-state index in [1.807, 2.05) is 16.8 Å². The monoisotopic (exact) mass is 392 g/mol. The van der Waals surface area contributed by atoms with Crippen LogP contribution in [0.25, 0.3) is 10.6 Å². The topological polar surface area (TPSA) is 82.6 Å². The maximum Gasteiger partial charge on any atom is 0.312 e. The highest BCUT2D eigenvalue weighted by Gasteiger charge is 2.29. The minimum atomic E-state index is -0.598. The van der Waals surface area contributed by atoms with E-state index < -0.39 is 11.8 Å². The molecule has 1 fully saturated rings. The van der Waals surface area contributed by atoms with Gasteiger partial charge in [0.05, 0.1) is 0 Å². The van der Waals surface area contributed by atoms with Gasteiger partial charge in [0, 0.05) is 48.5 Å². The molecule has 7 nitrogen and oxygen atoms in total. The van der Waals surface area contributed by atoms with Gasteiger partial charge in [0.1, 0.15) is 10.7 Å². The molecule has 0 atom stereocenters. The van der Waals surface area contributed by atoms with E-state index in [0.717, 1.165) is 10.6 Å². The van der Waals surface area contributed by atoms with E-state index in [2.05, 4.69) is 10.3 Å². The van der Waals surface area contributed by atoms with Crippen molar-refractivity contribution >= 4 is 40.4 Å². The van der Waals surface area contributed by atoms with Crippen LogP contribution in [0, 0.1) is 0 Å². The first kappa shape index (κ1) is 18.5. The van der Waals surface area contributed by atoms with Crippen molar-refractivity contribution in [2.24, 2.45) is 0 Å². The first-order chi connectivity index (χ1) is 12.5. The fraction of sp³-hybridized carbons (Fsp3) is 0.412. The van der Waals surface area contributed by atoms with Gasteiger partial charge in [0.25, 0.3) is 5.91 Å². The number of aromatic nitrogens is 1. The van der Waals surface area contributed by atoms with Crippen molar-refractivity contribution in [3.8, 4) is 10.6 Å². The molecule has 0 bridgehead atoms. The van der Waals surface area contributed by atoms with Crippen molar-refractivity contribution in [1.29, 1.82) is 0 Å². The Morgan fingerprint density at radius 1 is 1.12 bits per heavy atom. The molecule has 138 valence electrons. The van der Waals surface area contributed by atoms with Crippen LogP contribution in [0.4, 0.5) is 0 Å². The zero-order valence-corrected chi connectivity index (χ0v) is 16.2. The van der Waals surface area contributed by atoms with E-state index in [4.69, 9.17) is 0 Å². The number of thiophene rings is 1. The summed E-state index contributed by atoms with van der Waals surface area (Å²) in [5.41, 5.74) is 1.44. The van der Waals surface area contributed by atoms with Crippen molar-refractivity contribution in [3.05, 3.63) is 27.9 Å². The Balaban J connectivity index is 1.57. The lowest BCUT2D eigenvalue weighted by Crippen LogP contribution is -2.54. The van der Waals surface area contributed by atoms with Crippen LogP contribution in [0.15, 0.2) is 22.2 Å². The van der Waals surface area contributed by atoms with Gasteiger partial charge < -0.3 is 15.1 Å². The molecule has 1 aliphatic rings. The van der Waals surface area contributed by atoms with Crippen LogP contribution in [-0.4, -0.2) is 64.7 Å². The highest BCUT2D eigenvalue weighted by atomic mass is 32.1. The number of hydrogen-bond donors (Lipinski definition) is 1. The first-order valence-corrected chi connectivity index (χ1v) is 10.1. The molecule has 26 heavy (non-hydrogen) atoms. The molecule has 3 amide bonds. The lowest BCUT2D eigenvalue weighted by Gasteiger charge is -2.34. The lowest BCUT2D eigenvalue weighted by atomic mass is 10.2. The van der Waals surface area contributed by atoms with Crippen molar-refractivity contribution in [2.75, 3.05) is 26.2 Å². The zero-order chi connectivity index (χ0) is 18.7. The van der Waals surface area contributed by atoms with E-state index in [9.17, 15) is 14.4 Å². The molecule has 0 unspecified atom stereocenters. The van der Waals surface area contributed by atoms with Crippen LogP contribution in [-0.2, 0) is 9.59 Å². The third kappa shape index (κ3) is 4.10. The fourth-order valence-corrected chi connectivity index (χ4v) is 4.14. The molecule has 9 heteroatoms. The second-order valence-corrected chi connectivity index (χ2v) is 7.90. The largest absolute Gasteiger partial charge is 0.346 e. The molecule has 3 heterocycles. The number of nitrogens with one attached hydrogen (secondary N) is 1. The Kier molecular flexibility index (Phi) is 5.67. The Labute approximate surface area is 159 Å². The third-order valence-corrected chi connectivity index (χ3v) is 5.53. The van der Waals surface area contributed by atoms with Crippen LogP contribution >= 0.6 is 22.7 Å². The van der Waals surface area contributed by atoms with Crippen LogP contribution in [0.3, 0.4) is 0 Å². The molecule has 3 rings (SSSR count). The summed E-state index contributed by atoms with van der Waals surface area (Å²) in [6.07, 6.45) is 0. The van der Waals surface area contributed by atoms with Gasteiger partial charge in [-0.05, 0) is 25.3 Å². The molecule has 2 aromatic heterocycles. The first-order valence-electron chi connectivity index (χ1n) is 8.33. The maximum absolute atomic E-state index is 12.6. The molecule has 1 N–H and O–H groups in total. The van der Waals surface area contributed by atoms with Crippen molar-refractivity contribution in [1.82, 2.24) is 20.1 Å². The Morgan fingerprint density at radius 3 is 2.42 bits per heavy atom. The smallest absolute Gasteiger partial charge is 0.312 e. The minimum Gasteiger partial charge on any atom is -0.346 e. The maximum atomic E-state index is 12.6. The number of amides is 3. The summed E-state index contributed by atoms with van der Waals surface area (Å²) < 4.78 is 0. The number of nitrogens with zero attached hydrogens (tertiary/aromatic N) is 3. The van der Waals surface area contributed by atoms with Crippen LogP contribution < -0.4 is 5.32 Å². The fourth-order valence-electron chi connectivity index (χ4n) is 2.63. The number of carbonyl (C=O) groups excluding carboxylic acids is 3. The summed E-state index contributed by atoms with van der Waals surface area (Å²) in [5, 5.41) is 9.17. The summed E-state index contributed by atoms with van der Waals surface area (Å²) >= 11 is 3.04. The molecule has 0 aliphatic carbocycles. The number of rotatable bonds is 3. The molecule has 0 spiro atoms. The van der Waals surface area contributed by atoms with Gasteiger partial charge in [-0.3, -0.25) is 14.4 Å². The lowest BCUT2D eigenvalue weighted by molar-refractivity contribution is -0.147. The summed E-state index contributed by atoms with van der Waals surface area (Å²) in [7, 11) is 0. The number of piperazine rings is 1. The normalized spacial score (nSPS) is 14.6. The second-order valence-electron chi connectivity index (χ2n) is 6.26. The summed E-state index contributed by atoms with van der Waals surface area (Å²) in [6.45, 7) is 5.09. The number of thiazole rings is 1. The predicted molar refractivity (Wildman–Crippen MR) is 101 cm³/mol. The summed E-state index contributed by atoms with van der Waals surface area (Å²) in [5.74, 6) is -1.28. The van der Waals surface area contributed by atoms with Crippen LogP contribution in [0.5, 0.6) is 0 Å². The average Bonchev–Trinajstić information content (AvgIpc) is 3.31. The van der Waals surface area contributed by atoms with Gasteiger partial charge in [-0.15, -0.1) is 11.3 Å². The second kappa shape index (κ2) is 7.96. The summed E-state index contributed by atoms with van der Waals surface area (Å²) in [4.78, 5) is 44.2. The predicted octanol–water partition coefficient (Wildman–Crippen LogP) is 1.68. The Bertz CT molecular complexity index is 793. The van der Waals surface area contributed by atoms with E-state index >= 15 is 0 Å². The highest BCUT2D eigenvalue weighted by molar-refractivity contribution is 7.14. The molecule has 0 aromatic carbocycles. The molecule has 0 radical (unpaired) electrons. The standard InChI is InChI=1S/C17H20N4O3S2/c1-11(2)18-14(22)17(24)21-6-4-20(5-7-21)16(23)13-10-26-15(19-13)12-3-8-25-9-12/h3,8-11H,4-7H2,1-2H3,(H,18,22). The van der Waals surface area contributed by atoms with Gasteiger partial charge in [0.2, 0.25) is 0 Å². The number of hydrogen-bond acceptors (Lipinski definition) is 6. The highest BCUT2D eigenvalue weighted by Crippen LogP contribution is 2.26. The quantitative estimate of drug-likeness (QED) is 0.806. The van der Waals surface area contributed by atoms with Gasteiger partial charge in [-0.25, -0.2) is 4.98 Å². The molecule has 0 saturated carbocycles. The average molecular weight is 393 g/mol. The summed E-state index contributed by atoms with van der Waals surface area (Å²) in [6, 6.07) is 1.89. The molecule has 1 saturated heterocycles. The molecule has 1 aliphatic heterocycles. The minimum absolute atomic E-state index is 0.0867. The van der Waals surface area contributed by atoms with E-state index in [1.54, 1.807) is 35.5 Å². The van der Waals surface area contributed by atoms with Gasteiger partial charge in [-0.1, -0.05) is 0 Å². The molecule has 2 aromatic rings. The third-order valence-electron chi connectivity index (χ3n) is 3.96. The van der Waals surface area contributed by atoms with Crippen LogP contribution in [0.1, 0.15) is 24.3 Å². The van der Waals surface area contributed by atoms with E-state index in [0.29, 0.717) is 31.9 Å². The van der Waals surface area contributed by atoms with E-state index in [-0.39, 0.29) is 11.9 Å². The van der Waals surface area contributed by atoms with Crippen molar-refractivity contribution < 1.29 is 14.4 Å². The zero-order valence-electron chi connectivity index (χ0n) is 14.6. The van der Waals surface area contributed by atoms with Crippen molar-refractivity contribution in [2.45, 2.75) is 19.9 Å². The molecular formula is C17H20N4O3S2. The Hall–Kier alpha value is -2.26. The van der Waals surface area contributed by atoms with Gasteiger partial charge in [-0.2, -0.15) is 11.3 Å². The van der Waals surface area contributed by atoms with E-state index in [1.165, 1.54) is 16.2 Å². The SMILES string of the molecule is CC(C)NC(=O)C(=O)N1CCN(C(=O)c2csc(-c3ccsc3)n2)CC1. The van der Waals surface area contributed by atoms with Crippen LogP contribution in [0.2, 0.25) is 0 Å². The van der Waals surface area contributed by atoms with Gasteiger partial charge in [0.15, 0.2) is 0 Å². The number of carbonyl (C=O) groups is 3. The van der Waals surface area contributed by atoms with Gasteiger partial charge >= 0.3 is 11.8 Å². The van der Waals surface area contributed by atoms with Crippen molar-refractivity contribution in [3.63, 3.8) is 0 Å². The Morgan fingerprint density at radius 2 is 1.81 bits per heavy atom. The molecular weight excluding hydrogens is 372 g/mol.